The molecule has 28 heavy (non-hydrogen) atoms. The van der Waals surface area contributed by atoms with Gasteiger partial charge < -0.3 is 20.9 Å². The lowest BCUT2D eigenvalue weighted by atomic mass is 10.0. The fourth-order valence-corrected chi connectivity index (χ4v) is 3.04. The molecule has 2 heterocycles. The number of aliphatic imine (C=N–C) groups is 2. The van der Waals surface area contributed by atoms with E-state index < -0.39 is 0 Å². The van der Waals surface area contributed by atoms with Gasteiger partial charge in [0.25, 0.3) is 12.0 Å². The molecule has 0 saturated heterocycles. The molecule has 2 aliphatic rings. The topological polar surface area (TPSA) is 95.2 Å². The van der Waals surface area contributed by atoms with E-state index in [1.165, 1.54) is 24.3 Å². The first-order valence-corrected chi connectivity index (χ1v) is 8.77. The van der Waals surface area contributed by atoms with Crippen molar-refractivity contribution >= 4 is 12.0 Å². The summed E-state index contributed by atoms with van der Waals surface area (Å²) in [6.45, 7) is 4.63. The van der Waals surface area contributed by atoms with Crippen LogP contribution >= 0.6 is 0 Å². The van der Waals surface area contributed by atoms with E-state index in [0.717, 1.165) is 22.3 Å². The van der Waals surface area contributed by atoms with Gasteiger partial charge in [-0.2, -0.15) is 0 Å². The van der Waals surface area contributed by atoms with E-state index in [2.05, 4.69) is 9.98 Å². The third-order valence-corrected chi connectivity index (χ3v) is 4.54. The molecule has 0 amide bonds. The first-order chi connectivity index (χ1) is 13.3. The van der Waals surface area contributed by atoms with Gasteiger partial charge in [-0.1, -0.05) is 12.1 Å². The van der Waals surface area contributed by atoms with Gasteiger partial charge in [-0.25, -0.2) is 18.8 Å². The lowest BCUT2D eigenvalue weighted by Gasteiger charge is -2.08. The number of nitrogens with two attached hydrogens (primary N) is 2. The zero-order valence-corrected chi connectivity index (χ0v) is 15.7. The standard InChI is InChI=1S/2C10H11FN2O/c2*1-6-2-3-7(11)4-8(6)9-5-14-10(12)13-9/h2*2-4,9H,5H2,1H3,(H2,12,13)/t2*9-/m10/s1. The van der Waals surface area contributed by atoms with E-state index in [4.69, 9.17) is 20.9 Å². The fraction of sp³-hybridized carbons (Fsp3) is 0.300. The Bertz CT molecular complexity index is 855. The van der Waals surface area contributed by atoms with Crippen molar-refractivity contribution in [2.75, 3.05) is 13.2 Å². The monoisotopic (exact) mass is 388 g/mol. The predicted octanol–water partition coefficient (Wildman–Crippen LogP) is 3.04. The Labute approximate surface area is 161 Å². The van der Waals surface area contributed by atoms with Crippen molar-refractivity contribution in [3.8, 4) is 0 Å². The molecule has 6 nitrogen and oxygen atoms in total. The zero-order valence-electron chi connectivity index (χ0n) is 15.7. The maximum Gasteiger partial charge on any atom is 0.282 e. The van der Waals surface area contributed by atoms with Crippen LogP contribution in [0, 0.1) is 25.5 Å². The van der Waals surface area contributed by atoms with Crippen LogP contribution in [0.2, 0.25) is 0 Å². The number of hydrogen-bond acceptors (Lipinski definition) is 6. The second-order valence-electron chi connectivity index (χ2n) is 6.59. The average Bonchev–Trinajstić information content (AvgIpc) is 3.28. The maximum absolute atomic E-state index is 13.0. The van der Waals surface area contributed by atoms with Crippen molar-refractivity contribution in [3.63, 3.8) is 0 Å². The van der Waals surface area contributed by atoms with Crippen molar-refractivity contribution in [1.82, 2.24) is 0 Å². The molecule has 0 aromatic heterocycles. The molecule has 2 aliphatic heterocycles. The van der Waals surface area contributed by atoms with Crippen LogP contribution in [0.1, 0.15) is 34.3 Å². The Balaban J connectivity index is 0.000000161. The van der Waals surface area contributed by atoms with E-state index >= 15 is 0 Å². The number of amidine groups is 2. The number of nitrogens with zero attached hydrogens (tertiary/aromatic N) is 2. The molecule has 0 spiro atoms. The van der Waals surface area contributed by atoms with E-state index in [1.54, 1.807) is 12.1 Å². The summed E-state index contributed by atoms with van der Waals surface area (Å²) >= 11 is 0. The van der Waals surface area contributed by atoms with Crippen LogP contribution in [0.5, 0.6) is 0 Å². The summed E-state index contributed by atoms with van der Waals surface area (Å²) in [5, 5.41) is 0. The Hall–Kier alpha value is -3.16. The van der Waals surface area contributed by atoms with Gasteiger partial charge in [0, 0.05) is 0 Å². The molecule has 0 aliphatic carbocycles. The lowest BCUT2D eigenvalue weighted by Crippen LogP contribution is -2.10. The molecule has 0 unspecified atom stereocenters. The maximum atomic E-state index is 13.0. The van der Waals surface area contributed by atoms with Crippen LogP contribution in [0.15, 0.2) is 46.4 Å². The Kier molecular flexibility index (Phi) is 5.77. The number of benzene rings is 2. The van der Waals surface area contributed by atoms with Gasteiger partial charge in [-0.15, -0.1) is 0 Å². The summed E-state index contributed by atoms with van der Waals surface area (Å²) in [6, 6.07) is 9.32. The normalized spacial score (nSPS) is 20.4. The summed E-state index contributed by atoms with van der Waals surface area (Å²) in [6.07, 6.45) is 0. The molecule has 2 atom stereocenters. The number of rotatable bonds is 2. The SMILES string of the molecule is Cc1ccc(F)cc1[C@@H]1COC(N)=N1.Cc1ccc(F)cc1[C@H]1COC(N)=N1. The van der Waals surface area contributed by atoms with Crippen LogP contribution in [0.25, 0.3) is 0 Å². The zero-order chi connectivity index (χ0) is 20.3. The van der Waals surface area contributed by atoms with E-state index in [9.17, 15) is 8.78 Å². The molecular weight excluding hydrogens is 366 g/mol. The van der Waals surface area contributed by atoms with Gasteiger partial charge in [0.05, 0.1) is 0 Å². The second kappa shape index (κ2) is 8.24. The fourth-order valence-electron chi connectivity index (χ4n) is 3.04. The van der Waals surface area contributed by atoms with Gasteiger partial charge in [-0.3, -0.25) is 0 Å². The summed E-state index contributed by atoms with van der Waals surface area (Å²) in [5.41, 5.74) is 14.4. The Morgan fingerprint density at radius 2 is 1.18 bits per heavy atom. The highest BCUT2D eigenvalue weighted by Crippen LogP contribution is 2.26. The van der Waals surface area contributed by atoms with Crippen LogP contribution < -0.4 is 11.5 Å². The Morgan fingerprint density at radius 1 is 0.786 bits per heavy atom. The number of halogens is 2. The number of aryl methyl sites for hydroxylation is 2. The van der Waals surface area contributed by atoms with Crippen LogP contribution in [-0.4, -0.2) is 25.3 Å². The smallest absolute Gasteiger partial charge is 0.282 e. The van der Waals surface area contributed by atoms with Crippen LogP contribution in [0.3, 0.4) is 0 Å². The third kappa shape index (κ3) is 4.57. The highest BCUT2D eigenvalue weighted by atomic mass is 19.1. The minimum Gasteiger partial charge on any atom is -0.463 e. The molecule has 0 fully saturated rings. The average molecular weight is 388 g/mol. The number of hydrogen-bond donors (Lipinski definition) is 2. The van der Waals surface area contributed by atoms with Gasteiger partial charge in [0.1, 0.15) is 36.9 Å². The molecule has 0 bridgehead atoms. The second-order valence-corrected chi connectivity index (χ2v) is 6.59. The lowest BCUT2D eigenvalue weighted by molar-refractivity contribution is 0.314. The summed E-state index contributed by atoms with van der Waals surface area (Å²) in [7, 11) is 0. The van der Waals surface area contributed by atoms with Gasteiger partial charge in [-0.05, 0) is 60.4 Å². The van der Waals surface area contributed by atoms with Crippen LogP contribution in [0.4, 0.5) is 8.78 Å². The van der Waals surface area contributed by atoms with Crippen molar-refractivity contribution in [2.24, 2.45) is 21.5 Å². The van der Waals surface area contributed by atoms with Crippen molar-refractivity contribution < 1.29 is 18.3 Å². The predicted molar refractivity (Wildman–Crippen MR) is 103 cm³/mol. The molecule has 0 radical (unpaired) electrons. The quantitative estimate of drug-likeness (QED) is 0.827. The van der Waals surface area contributed by atoms with E-state index in [-0.39, 0.29) is 35.8 Å². The first kappa shape index (κ1) is 19.6. The highest BCUT2D eigenvalue weighted by molar-refractivity contribution is 5.73. The first-order valence-electron chi connectivity index (χ1n) is 8.77. The number of ether oxygens (including phenoxy) is 2. The largest absolute Gasteiger partial charge is 0.463 e. The molecular formula is C20H22F2N4O2. The van der Waals surface area contributed by atoms with Gasteiger partial charge in [0.15, 0.2) is 0 Å². The van der Waals surface area contributed by atoms with E-state index in [1.807, 2.05) is 13.8 Å². The van der Waals surface area contributed by atoms with Crippen LogP contribution in [-0.2, 0) is 9.47 Å². The molecule has 4 rings (SSSR count). The summed E-state index contributed by atoms with van der Waals surface area (Å²) < 4.78 is 36.0. The molecule has 2 aromatic rings. The molecule has 8 heteroatoms. The van der Waals surface area contributed by atoms with Gasteiger partial charge >= 0.3 is 0 Å². The van der Waals surface area contributed by atoms with Crippen molar-refractivity contribution in [2.45, 2.75) is 25.9 Å². The van der Waals surface area contributed by atoms with Gasteiger partial charge in [0.2, 0.25) is 0 Å². The highest BCUT2D eigenvalue weighted by Gasteiger charge is 2.21. The molecule has 2 aromatic carbocycles. The summed E-state index contributed by atoms with van der Waals surface area (Å²) in [5.74, 6) is -0.516. The molecule has 4 N–H and O–H groups in total. The molecule has 148 valence electrons. The minimum absolute atomic E-state index is 0.161. The summed E-state index contributed by atoms with van der Waals surface area (Å²) in [4.78, 5) is 8.13. The van der Waals surface area contributed by atoms with Crippen molar-refractivity contribution in [1.29, 1.82) is 0 Å². The minimum atomic E-state index is -0.258. The van der Waals surface area contributed by atoms with E-state index in [0.29, 0.717) is 13.2 Å². The molecule has 0 saturated carbocycles. The third-order valence-electron chi connectivity index (χ3n) is 4.54. The Morgan fingerprint density at radius 3 is 1.50 bits per heavy atom. The van der Waals surface area contributed by atoms with Crippen molar-refractivity contribution in [3.05, 3.63) is 70.3 Å².